The summed E-state index contributed by atoms with van der Waals surface area (Å²) >= 11 is 3.49. The van der Waals surface area contributed by atoms with E-state index in [0.29, 0.717) is 0 Å². The third kappa shape index (κ3) is 2.81. The van der Waals surface area contributed by atoms with Crippen molar-refractivity contribution in [3.8, 4) is 0 Å². The molecule has 1 N–H and O–H groups in total. The van der Waals surface area contributed by atoms with Crippen molar-refractivity contribution in [2.75, 3.05) is 6.54 Å². The van der Waals surface area contributed by atoms with Gasteiger partial charge < -0.3 is 5.32 Å². The molecule has 0 saturated heterocycles. The van der Waals surface area contributed by atoms with E-state index in [4.69, 9.17) is 0 Å². The molecule has 1 aliphatic heterocycles. The zero-order chi connectivity index (χ0) is 7.68. The third-order valence-electron chi connectivity index (χ3n) is 1.96. The summed E-state index contributed by atoms with van der Waals surface area (Å²) in [5.74, 6) is 0. The minimum absolute atomic E-state index is 0. The maximum Gasteiger partial charge on any atom is 0.0413 e. The van der Waals surface area contributed by atoms with Crippen LogP contribution in [0.5, 0.6) is 0 Å². The van der Waals surface area contributed by atoms with Gasteiger partial charge in [0.05, 0.1) is 0 Å². The number of rotatable bonds is 0. The molecule has 1 aromatic heterocycles. The van der Waals surface area contributed by atoms with Crippen LogP contribution in [0.4, 0.5) is 0 Å². The van der Waals surface area contributed by atoms with Gasteiger partial charge in [-0.2, -0.15) is 0 Å². The largest absolute Gasteiger partial charge is 0.312 e. The molecule has 0 unspecified atom stereocenters. The van der Waals surface area contributed by atoms with Crippen LogP contribution in [0.3, 0.4) is 0 Å². The van der Waals surface area contributed by atoms with Gasteiger partial charge in [0.15, 0.2) is 0 Å². The van der Waals surface area contributed by atoms with Gasteiger partial charge in [0.1, 0.15) is 0 Å². The lowest BCUT2D eigenvalue weighted by molar-refractivity contribution is 0.638. The Morgan fingerprint density at radius 1 is 1.31 bits per heavy atom. The maximum atomic E-state index is 4.11. The van der Waals surface area contributed by atoms with Crippen LogP contribution >= 0.6 is 40.7 Å². The molecule has 13 heavy (non-hydrogen) atoms. The average Bonchev–Trinajstić information content (AvgIpc) is 2.06. The number of halogens is 3. The lowest BCUT2D eigenvalue weighted by atomic mass is 10.0. The molecule has 0 radical (unpaired) electrons. The van der Waals surface area contributed by atoms with Crippen LogP contribution in [0.25, 0.3) is 0 Å². The summed E-state index contributed by atoms with van der Waals surface area (Å²) in [5, 5.41) is 3.31. The van der Waals surface area contributed by atoms with Gasteiger partial charge in [-0.05, 0) is 40.0 Å². The Morgan fingerprint density at radius 3 is 2.77 bits per heavy atom. The molecule has 5 heteroatoms. The highest BCUT2D eigenvalue weighted by atomic mass is 79.9. The van der Waals surface area contributed by atoms with Gasteiger partial charge in [-0.3, -0.25) is 4.98 Å². The molecule has 2 rings (SSSR count). The van der Waals surface area contributed by atoms with Crippen LogP contribution in [0, 0.1) is 0 Å². The Morgan fingerprint density at radius 2 is 2.08 bits per heavy atom. The van der Waals surface area contributed by atoms with Crippen molar-refractivity contribution < 1.29 is 0 Å². The van der Waals surface area contributed by atoms with E-state index in [1.165, 1.54) is 11.1 Å². The van der Waals surface area contributed by atoms with E-state index >= 15 is 0 Å². The van der Waals surface area contributed by atoms with Crippen LogP contribution in [-0.2, 0) is 13.0 Å². The molecule has 0 atom stereocenters. The second-order valence-electron chi connectivity index (χ2n) is 2.69. The highest BCUT2D eigenvalue weighted by molar-refractivity contribution is 9.10. The van der Waals surface area contributed by atoms with Crippen molar-refractivity contribution in [3.05, 3.63) is 28.0 Å². The highest BCUT2D eigenvalue weighted by Crippen LogP contribution is 2.21. The van der Waals surface area contributed by atoms with Gasteiger partial charge in [-0.15, -0.1) is 24.8 Å². The third-order valence-corrected chi connectivity index (χ3v) is 2.64. The quantitative estimate of drug-likeness (QED) is 0.791. The van der Waals surface area contributed by atoms with Crippen molar-refractivity contribution in [1.82, 2.24) is 10.3 Å². The predicted molar refractivity (Wildman–Crippen MR) is 61.8 cm³/mol. The van der Waals surface area contributed by atoms with Crippen molar-refractivity contribution in [2.24, 2.45) is 0 Å². The first-order chi connectivity index (χ1) is 5.38. The summed E-state index contributed by atoms with van der Waals surface area (Å²) < 4.78 is 1.15. The number of hydrogen-bond acceptors (Lipinski definition) is 2. The van der Waals surface area contributed by atoms with Crippen LogP contribution in [0.15, 0.2) is 16.9 Å². The Kier molecular flexibility index (Phi) is 5.88. The Bertz CT molecular complexity index is 281. The van der Waals surface area contributed by atoms with Gasteiger partial charge in [-0.1, -0.05) is 0 Å². The van der Waals surface area contributed by atoms with E-state index in [1.807, 2.05) is 12.4 Å². The summed E-state index contributed by atoms with van der Waals surface area (Å²) in [6.07, 6.45) is 4.91. The van der Waals surface area contributed by atoms with Crippen molar-refractivity contribution in [2.45, 2.75) is 13.0 Å². The maximum absolute atomic E-state index is 4.11. The van der Waals surface area contributed by atoms with E-state index in [0.717, 1.165) is 24.0 Å². The Balaban J connectivity index is 0.000000720. The van der Waals surface area contributed by atoms with Crippen molar-refractivity contribution in [1.29, 1.82) is 0 Å². The van der Waals surface area contributed by atoms with Gasteiger partial charge in [-0.25, -0.2) is 0 Å². The fourth-order valence-electron chi connectivity index (χ4n) is 1.37. The van der Waals surface area contributed by atoms with E-state index in [2.05, 4.69) is 26.2 Å². The minimum Gasteiger partial charge on any atom is -0.312 e. The number of aromatic nitrogens is 1. The first-order valence-corrected chi connectivity index (χ1v) is 4.49. The standard InChI is InChI=1S/C8H9BrN2.2ClH/c9-8-5-11-4-6-3-10-2-1-7(6)8;;/h4-5,10H,1-3H2;2*1H. The molecular weight excluding hydrogens is 275 g/mol. The second kappa shape index (κ2) is 5.81. The fraction of sp³-hybridized carbons (Fsp3) is 0.375. The number of nitrogens with zero attached hydrogens (tertiary/aromatic N) is 1. The predicted octanol–water partition coefficient (Wildman–Crippen LogP) is 2.33. The van der Waals surface area contributed by atoms with Crippen LogP contribution < -0.4 is 5.32 Å². The molecule has 0 aliphatic carbocycles. The smallest absolute Gasteiger partial charge is 0.0413 e. The monoisotopic (exact) mass is 284 g/mol. The molecular formula is C8H11BrCl2N2. The van der Waals surface area contributed by atoms with Gasteiger partial charge in [0.2, 0.25) is 0 Å². The summed E-state index contributed by atoms with van der Waals surface area (Å²) in [4.78, 5) is 4.11. The second-order valence-corrected chi connectivity index (χ2v) is 3.54. The van der Waals surface area contributed by atoms with Crippen molar-refractivity contribution in [3.63, 3.8) is 0 Å². The topological polar surface area (TPSA) is 24.9 Å². The fourth-order valence-corrected chi connectivity index (χ4v) is 1.94. The molecule has 74 valence electrons. The first kappa shape index (κ1) is 13.2. The molecule has 1 aromatic rings. The summed E-state index contributed by atoms with van der Waals surface area (Å²) in [6.45, 7) is 2.04. The molecule has 0 amide bonds. The van der Waals surface area contributed by atoms with E-state index in [9.17, 15) is 0 Å². The SMILES string of the molecule is Brc1cncc2c1CCNC2.Cl.Cl. The highest BCUT2D eigenvalue weighted by Gasteiger charge is 2.10. The molecule has 1 aliphatic rings. The van der Waals surface area contributed by atoms with Crippen LogP contribution in [-0.4, -0.2) is 11.5 Å². The average molecular weight is 286 g/mol. The molecule has 2 heterocycles. The lowest BCUT2D eigenvalue weighted by Gasteiger charge is -2.16. The van der Waals surface area contributed by atoms with Gasteiger partial charge in [0, 0.05) is 23.4 Å². The lowest BCUT2D eigenvalue weighted by Crippen LogP contribution is -2.23. The number of nitrogens with one attached hydrogen (secondary N) is 1. The first-order valence-electron chi connectivity index (χ1n) is 3.70. The minimum atomic E-state index is 0. The molecule has 0 spiro atoms. The van der Waals surface area contributed by atoms with Gasteiger partial charge >= 0.3 is 0 Å². The summed E-state index contributed by atoms with van der Waals surface area (Å²) in [7, 11) is 0. The summed E-state index contributed by atoms with van der Waals surface area (Å²) in [5.41, 5.74) is 2.74. The zero-order valence-corrected chi connectivity index (χ0v) is 10.1. The Labute approximate surface area is 98.5 Å². The van der Waals surface area contributed by atoms with E-state index in [-0.39, 0.29) is 24.8 Å². The van der Waals surface area contributed by atoms with E-state index < -0.39 is 0 Å². The molecule has 2 nitrogen and oxygen atoms in total. The normalized spacial score (nSPS) is 13.6. The molecule has 0 saturated carbocycles. The number of fused-ring (bicyclic) bond motifs is 1. The van der Waals surface area contributed by atoms with Crippen LogP contribution in [0.1, 0.15) is 11.1 Å². The Hall–Kier alpha value is 0.170. The molecule has 0 fully saturated rings. The summed E-state index contributed by atoms with van der Waals surface area (Å²) in [6, 6.07) is 0. The van der Waals surface area contributed by atoms with E-state index in [1.54, 1.807) is 0 Å². The van der Waals surface area contributed by atoms with Gasteiger partial charge in [0.25, 0.3) is 0 Å². The van der Waals surface area contributed by atoms with Crippen LogP contribution in [0.2, 0.25) is 0 Å². The number of pyridine rings is 1. The number of hydrogen-bond donors (Lipinski definition) is 1. The molecule has 0 bridgehead atoms. The van der Waals surface area contributed by atoms with Crippen molar-refractivity contribution >= 4 is 40.7 Å². The molecule has 0 aromatic carbocycles. The zero-order valence-electron chi connectivity index (χ0n) is 6.92.